The van der Waals surface area contributed by atoms with Crippen molar-refractivity contribution in [1.82, 2.24) is 10.2 Å². The van der Waals surface area contributed by atoms with Crippen molar-refractivity contribution >= 4 is 16.5 Å². The molecule has 0 aliphatic rings. The van der Waals surface area contributed by atoms with Gasteiger partial charge in [-0.2, -0.15) is 0 Å². The van der Waals surface area contributed by atoms with Crippen molar-refractivity contribution in [3.8, 4) is 0 Å². The van der Waals surface area contributed by atoms with Crippen LogP contribution in [-0.2, 0) is 0 Å². The normalized spacial score (nSPS) is 13.3. The molecule has 4 nitrogen and oxygen atoms in total. The van der Waals surface area contributed by atoms with Gasteiger partial charge in [-0.3, -0.25) is 0 Å². The Labute approximate surface area is 82.0 Å². The molecule has 0 aliphatic heterocycles. The number of anilines is 1. The molecule has 1 unspecified atom stereocenters. The molecule has 0 aliphatic carbocycles. The van der Waals surface area contributed by atoms with Gasteiger partial charge in [0.15, 0.2) is 0 Å². The van der Waals surface area contributed by atoms with E-state index in [1.54, 1.807) is 0 Å². The summed E-state index contributed by atoms with van der Waals surface area (Å²) in [5.74, 6) is 0.265. The Kier molecular flexibility index (Phi) is 3.62. The number of nitrogens with zero attached hydrogens (tertiary/aromatic N) is 2. The Bertz CT molecular complexity index is 262. The predicted molar refractivity (Wildman–Crippen MR) is 54.0 cm³/mol. The van der Waals surface area contributed by atoms with E-state index in [4.69, 9.17) is 0 Å². The molecular weight excluding hydrogens is 186 g/mol. The minimum absolute atomic E-state index is 0.265. The van der Waals surface area contributed by atoms with Crippen molar-refractivity contribution in [2.75, 3.05) is 11.9 Å². The molecular formula is C8H15N3OS. The first kappa shape index (κ1) is 10.4. The lowest BCUT2D eigenvalue weighted by molar-refractivity contribution is 0.138. The number of nitrogens with one attached hydrogen (secondary N) is 1. The molecule has 0 fully saturated rings. The van der Waals surface area contributed by atoms with Gasteiger partial charge in [-0.1, -0.05) is 25.2 Å². The van der Waals surface area contributed by atoms with Gasteiger partial charge in [-0.25, -0.2) is 0 Å². The summed E-state index contributed by atoms with van der Waals surface area (Å²) >= 11 is 1.50. The second-order valence-electron chi connectivity index (χ2n) is 3.32. The molecule has 13 heavy (non-hydrogen) atoms. The fourth-order valence-corrected chi connectivity index (χ4v) is 1.39. The smallest absolute Gasteiger partial charge is 0.205 e. The summed E-state index contributed by atoms with van der Waals surface area (Å²) < 4.78 is 0. The topological polar surface area (TPSA) is 58.0 Å². The average molecular weight is 201 g/mol. The third kappa shape index (κ3) is 3.28. The van der Waals surface area contributed by atoms with E-state index in [1.165, 1.54) is 11.3 Å². The molecule has 0 radical (unpaired) electrons. The molecule has 0 bridgehead atoms. The highest BCUT2D eigenvalue weighted by Gasteiger charge is 2.09. The maximum Gasteiger partial charge on any atom is 0.205 e. The second kappa shape index (κ2) is 4.53. The first-order chi connectivity index (χ1) is 6.09. The van der Waals surface area contributed by atoms with Crippen LogP contribution in [0.4, 0.5) is 5.13 Å². The molecule has 1 atom stereocenters. The Hall–Kier alpha value is -0.680. The number of aliphatic hydroxyl groups excluding tert-OH is 1. The van der Waals surface area contributed by atoms with Gasteiger partial charge in [0.25, 0.3) is 0 Å². The fraction of sp³-hybridized carbons (Fsp3) is 0.750. The van der Waals surface area contributed by atoms with Crippen LogP contribution in [0.5, 0.6) is 0 Å². The van der Waals surface area contributed by atoms with E-state index in [-0.39, 0.29) is 12.0 Å². The van der Waals surface area contributed by atoms with Crippen molar-refractivity contribution in [2.24, 2.45) is 5.92 Å². The quantitative estimate of drug-likeness (QED) is 0.770. The zero-order valence-corrected chi connectivity index (χ0v) is 8.93. The highest BCUT2D eigenvalue weighted by Crippen LogP contribution is 2.13. The summed E-state index contributed by atoms with van der Waals surface area (Å²) in [6.45, 7) is 6.41. The van der Waals surface area contributed by atoms with Gasteiger partial charge in [0.1, 0.15) is 5.01 Å². The third-order valence-corrected chi connectivity index (χ3v) is 2.55. The van der Waals surface area contributed by atoms with Gasteiger partial charge in [0.2, 0.25) is 5.13 Å². The maximum atomic E-state index is 9.49. The SMILES string of the molecule is Cc1nnc(NCC(O)C(C)C)s1. The molecule has 5 heteroatoms. The number of aromatic nitrogens is 2. The van der Waals surface area contributed by atoms with Crippen molar-refractivity contribution in [3.05, 3.63) is 5.01 Å². The van der Waals surface area contributed by atoms with Gasteiger partial charge < -0.3 is 10.4 Å². The molecule has 0 aromatic carbocycles. The largest absolute Gasteiger partial charge is 0.391 e. The minimum Gasteiger partial charge on any atom is -0.391 e. The Balaban J connectivity index is 2.35. The summed E-state index contributed by atoms with van der Waals surface area (Å²) in [6, 6.07) is 0. The van der Waals surface area contributed by atoms with Crippen LogP contribution in [0.15, 0.2) is 0 Å². The molecule has 74 valence electrons. The van der Waals surface area contributed by atoms with Gasteiger partial charge >= 0.3 is 0 Å². The molecule has 2 N–H and O–H groups in total. The summed E-state index contributed by atoms with van der Waals surface area (Å²) in [5.41, 5.74) is 0. The summed E-state index contributed by atoms with van der Waals surface area (Å²) in [7, 11) is 0. The van der Waals surface area contributed by atoms with Crippen LogP contribution >= 0.6 is 11.3 Å². The molecule has 1 aromatic heterocycles. The first-order valence-corrected chi connectivity index (χ1v) is 5.13. The van der Waals surface area contributed by atoms with Crippen LogP contribution in [-0.4, -0.2) is 28.0 Å². The van der Waals surface area contributed by atoms with Crippen LogP contribution in [0.25, 0.3) is 0 Å². The van der Waals surface area contributed by atoms with Crippen molar-refractivity contribution < 1.29 is 5.11 Å². The zero-order valence-electron chi connectivity index (χ0n) is 8.11. The zero-order chi connectivity index (χ0) is 9.84. The second-order valence-corrected chi connectivity index (χ2v) is 4.50. The number of aliphatic hydroxyl groups is 1. The predicted octanol–water partition coefficient (Wildman–Crippen LogP) is 1.28. The van der Waals surface area contributed by atoms with E-state index in [1.807, 2.05) is 20.8 Å². The van der Waals surface area contributed by atoms with E-state index < -0.39 is 0 Å². The molecule has 0 amide bonds. The number of hydrogen-bond donors (Lipinski definition) is 2. The molecule has 0 spiro atoms. The molecule has 0 saturated heterocycles. The van der Waals surface area contributed by atoms with Crippen molar-refractivity contribution in [2.45, 2.75) is 26.9 Å². The van der Waals surface area contributed by atoms with Crippen LogP contribution in [0.1, 0.15) is 18.9 Å². The molecule has 0 saturated carbocycles. The first-order valence-electron chi connectivity index (χ1n) is 4.31. The lowest BCUT2D eigenvalue weighted by Gasteiger charge is -2.13. The van der Waals surface area contributed by atoms with Crippen LogP contribution < -0.4 is 5.32 Å². The highest BCUT2D eigenvalue weighted by molar-refractivity contribution is 7.15. The number of rotatable bonds is 4. The molecule has 1 aromatic rings. The standard InChI is InChI=1S/C8H15N3OS/c1-5(2)7(12)4-9-8-11-10-6(3)13-8/h5,7,12H,4H2,1-3H3,(H,9,11). The van der Waals surface area contributed by atoms with E-state index >= 15 is 0 Å². The fourth-order valence-electron chi connectivity index (χ4n) is 0.796. The minimum atomic E-state index is -0.329. The number of aryl methyl sites for hydroxylation is 1. The van der Waals surface area contributed by atoms with Crippen LogP contribution in [0.3, 0.4) is 0 Å². The van der Waals surface area contributed by atoms with E-state index in [9.17, 15) is 5.11 Å². The lowest BCUT2D eigenvalue weighted by Crippen LogP contribution is -2.24. The molecule has 1 rings (SSSR count). The Morgan fingerprint density at radius 1 is 1.46 bits per heavy atom. The summed E-state index contributed by atoms with van der Waals surface area (Å²) in [6.07, 6.45) is -0.329. The van der Waals surface area contributed by atoms with Crippen LogP contribution in [0.2, 0.25) is 0 Å². The average Bonchev–Trinajstić information content (AvgIpc) is 2.47. The third-order valence-electron chi connectivity index (χ3n) is 1.76. The molecule has 1 heterocycles. The van der Waals surface area contributed by atoms with Gasteiger partial charge in [0, 0.05) is 6.54 Å². The van der Waals surface area contributed by atoms with Gasteiger partial charge in [0.05, 0.1) is 6.10 Å². The van der Waals surface area contributed by atoms with Crippen molar-refractivity contribution in [1.29, 1.82) is 0 Å². The van der Waals surface area contributed by atoms with Crippen molar-refractivity contribution in [3.63, 3.8) is 0 Å². The Morgan fingerprint density at radius 3 is 2.62 bits per heavy atom. The monoisotopic (exact) mass is 201 g/mol. The summed E-state index contributed by atoms with van der Waals surface area (Å²) in [4.78, 5) is 0. The number of hydrogen-bond acceptors (Lipinski definition) is 5. The maximum absolute atomic E-state index is 9.49. The van der Waals surface area contributed by atoms with E-state index in [0.29, 0.717) is 6.54 Å². The van der Waals surface area contributed by atoms with Gasteiger partial charge in [-0.05, 0) is 12.8 Å². The van der Waals surface area contributed by atoms with Gasteiger partial charge in [-0.15, -0.1) is 10.2 Å². The Morgan fingerprint density at radius 2 is 2.15 bits per heavy atom. The van der Waals surface area contributed by atoms with E-state index in [2.05, 4.69) is 15.5 Å². The lowest BCUT2D eigenvalue weighted by atomic mass is 10.1. The highest BCUT2D eigenvalue weighted by atomic mass is 32.1. The van der Waals surface area contributed by atoms with Crippen LogP contribution in [0, 0.1) is 12.8 Å². The summed E-state index contributed by atoms with van der Waals surface area (Å²) in [5, 5.41) is 22.0. The van der Waals surface area contributed by atoms with E-state index in [0.717, 1.165) is 10.1 Å².